The number of rotatable bonds is 3. The van der Waals surface area contributed by atoms with Crippen LogP contribution in [0.5, 0.6) is 0 Å². The van der Waals surface area contributed by atoms with E-state index in [1.54, 1.807) is 0 Å². The quantitative estimate of drug-likeness (QED) is 0.212. The minimum atomic E-state index is -0.126. The van der Waals surface area contributed by atoms with Gasteiger partial charge in [0.05, 0.1) is 17.1 Å². The Kier molecular flexibility index (Phi) is 5.89. The summed E-state index contributed by atoms with van der Waals surface area (Å²) >= 11 is 0. The predicted molar refractivity (Wildman–Crippen MR) is 180 cm³/mol. The van der Waals surface area contributed by atoms with E-state index >= 15 is 0 Å². The molecule has 2 aliphatic rings. The second-order valence-corrected chi connectivity index (χ2v) is 13.1. The van der Waals surface area contributed by atoms with E-state index in [1.807, 2.05) is 24.8 Å². The van der Waals surface area contributed by atoms with Crippen molar-refractivity contribution in [2.24, 2.45) is 0 Å². The maximum absolute atomic E-state index is 4.71. The van der Waals surface area contributed by atoms with Gasteiger partial charge in [0.25, 0.3) is 0 Å². The molecule has 44 heavy (non-hydrogen) atoms. The van der Waals surface area contributed by atoms with E-state index in [1.165, 1.54) is 50.3 Å². The van der Waals surface area contributed by atoms with Crippen molar-refractivity contribution in [1.82, 2.24) is 9.97 Å². The van der Waals surface area contributed by atoms with Crippen molar-refractivity contribution >= 4 is 17.1 Å². The number of hydrogen-bond acceptors (Lipinski definition) is 3. The minimum absolute atomic E-state index is 0.0707. The van der Waals surface area contributed by atoms with Crippen LogP contribution in [0.2, 0.25) is 0 Å². The summed E-state index contributed by atoms with van der Waals surface area (Å²) in [7, 11) is 0. The monoisotopic (exact) mass is 569 g/mol. The molecule has 0 N–H and O–H groups in total. The first-order valence-corrected chi connectivity index (χ1v) is 15.5. The van der Waals surface area contributed by atoms with Crippen LogP contribution in [0, 0.1) is 0 Å². The van der Waals surface area contributed by atoms with Gasteiger partial charge in [-0.05, 0) is 63.2 Å². The zero-order valence-electron chi connectivity index (χ0n) is 25.6. The summed E-state index contributed by atoms with van der Waals surface area (Å²) < 4.78 is 0. The smallest absolute Gasteiger partial charge is 0.0571 e. The van der Waals surface area contributed by atoms with Crippen LogP contribution in [-0.4, -0.2) is 9.97 Å². The summed E-state index contributed by atoms with van der Waals surface area (Å²) in [6, 6.07) is 39.9. The van der Waals surface area contributed by atoms with Crippen LogP contribution in [0.3, 0.4) is 0 Å². The van der Waals surface area contributed by atoms with Crippen LogP contribution in [0.4, 0.5) is 17.1 Å². The molecule has 214 valence electrons. The van der Waals surface area contributed by atoms with Gasteiger partial charge in [0.15, 0.2) is 0 Å². The highest BCUT2D eigenvalue weighted by Crippen LogP contribution is 2.55. The van der Waals surface area contributed by atoms with Gasteiger partial charge in [0.1, 0.15) is 0 Å². The van der Waals surface area contributed by atoms with Crippen molar-refractivity contribution < 1.29 is 0 Å². The lowest BCUT2D eigenvalue weighted by atomic mass is 9.63. The van der Waals surface area contributed by atoms with Gasteiger partial charge in [-0.15, -0.1) is 0 Å². The Morgan fingerprint density at radius 3 is 1.50 bits per heavy atom. The second-order valence-electron chi connectivity index (χ2n) is 13.1. The predicted octanol–water partition coefficient (Wildman–Crippen LogP) is 10.1. The first-order valence-electron chi connectivity index (χ1n) is 15.5. The van der Waals surface area contributed by atoms with Gasteiger partial charge in [0.2, 0.25) is 0 Å². The van der Waals surface area contributed by atoms with Gasteiger partial charge in [-0.1, -0.05) is 113 Å². The lowest BCUT2D eigenvalue weighted by Crippen LogP contribution is -2.31. The summed E-state index contributed by atoms with van der Waals surface area (Å²) in [5.74, 6) is 0.0707. The zero-order chi connectivity index (χ0) is 30.1. The molecule has 2 aromatic heterocycles. The molecule has 6 aromatic rings. The zero-order valence-corrected chi connectivity index (χ0v) is 25.6. The first kappa shape index (κ1) is 26.6. The standard InChI is InChI=1S/C41H35N3/c1-40(2)32-15-7-5-13-28(32)39(29-14-6-8-16-33(29)40)27-21-23-42-25-30(27)31-26-43-24-22-36(31)44-37-19-11-9-17-34(37)41(3,4)35-18-10-12-20-38(35)44/h5-26,39H,1-4H3. The number of pyridine rings is 2. The highest BCUT2D eigenvalue weighted by molar-refractivity contribution is 5.93. The average Bonchev–Trinajstić information content (AvgIpc) is 3.06. The third-order valence-electron chi connectivity index (χ3n) is 10.0. The molecule has 8 rings (SSSR count). The van der Waals surface area contributed by atoms with E-state index in [2.05, 4.69) is 142 Å². The van der Waals surface area contributed by atoms with Gasteiger partial charge in [-0.3, -0.25) is 9.97 Å². The van der Waals surface area contributed by atoms with E-state index in [9.17, 15) is 0 Å². The molecule has 0 amide bonds. The van der Waals surface area contributed by atoms with Gasteiger partial charge in [0, 0.05) is 52.7 Å². The molecular formula is C41H35N3. The van der Waals surface area contributed by atoms with Crippen molar-refractivity contribution in [2.45, 2.75) is 44.4 Å². The van der Waals surface area contributed by atoms with Gasteiger partial charge < -0.3 is 4.90 Å². The van der Waals surface area contributed by atoms with Gasteiger partial charge >= 0.3 is 0 Å². The first-order chi connectivity index (χ1) is 21.4. The molecule has 3 heteroatoms. The normalized spacial score (nSPS) is 16.0. The van der Waals surface area contributed by atoms with Crippen molar-refractivity contribution in [3.8, 4) is 11.1 Å². The summed E-state index contributed by atoms with van der Waals surface area (Å²) in [4.78, 5) is 11.8. The lowest BCUT2D eigenvalue weighted by molar-refractivity contribution is 0.597. The molecule has 0 bridgehead atoms. The molecule has 0 radical (unpaired) electrons. The molecule has 0 unspecified atom stereocenters. The van der Waals surface area contributed by atoms with E-state index in [0.29, 0.717) is 0 Å². The fraction of sp³-hybridized carbons (Fsp3) is 0.171. The Morgan fingerprint density at radius 2 is 0.909 bits per heavy atom. The lowest BCUT2D eigenvalue weighted by Gasteiger charge is -2.42. The maximum Gasteiger partial charge on any atom is 0.0571 e. The van der Waals surface area contributed by atoms with Crippen LogP contribution in [-0.2, 0) is 10.8 Å². The summed E-state index contributed by atoms with van der Waals surface area (Å²) in [5.41, 5.74) is 14.8. The summed E-state index contributed by atoms with van der Waals surface area (Å²) in [6.07, 6.45) is 7.90. The molecule has 3 heterocycles. The van der Waals surface area contributed by atoms with E-state index in [4.69, 9.17) is 9.97 Å². The van der Waals surface area contributed by atoms with E-state index < -0.39 is 0 Å². The summed E-state index contributed by atoms with van der Waals surface area (Å²) in [5, 5.41) is 0. The van der Waals surface area contributed by atoms with Crippen molar-refractivity contribution in [1.29, 1.82) is 0 Å². The Hall–Kier alpha value is -5.02. The Labute approximate surface area is 259 Å². The Bertz CT molecular complexity index is 1810. The van der Waals surface area contributed by atoms with E-state index in [0.717, 1.165) is 16.8 Å². The number of para-hydroxylation sites is 2. The average molecular weight is 570 g/mol. The van der Waals surface area contributed by atoms with Gasteiger partial charge in [-0.25, -0.2) is 0 Å². The van der Waals surface area contributed by atoms with Crippen LogP contribution in [0.1, 0.15) is 72.6 Å². The molecular weight excluding hydrogens is 534 g/mol. The minimum Gasteiger partial charge on any atom is -0.309 e. The number of aromatic nitrogens is 2. The van der Waals surface area contributed by atoms with Crippen molar-refractivity contribution in [3.05, 3.63) is 173 Å². The molecule has 0 atom stereocenters. The second kappa shape index (κ2) is 9.75. The number of benzene rings is 4. The van der Waals surface area contributed by atoms with Crippen LogP contribution < -0.4 is 4.90 Å². The van der Waals surface area contributed by atoms with Crippen molar-refractivity contribution in [2.75, 3.05) is 4.90 Å². The fourth-order valence-electron chi connectivity index (χ4n) is 7.88. The van der Waals surface area contributed by atoms with Crippen molar-refractivity contribution in [3.63, 3.8) is 0 Å². The maximum atomic E-state index is 4.71. The van der Waals surface area contributed by atoms with E-state index in [-0.39, 0.29) is 16.7 Å². The third-order valence-corrected chi connectivity index (χ3v) is 10.0. The fourth-order valence-corrected chi connectivity index (χ4v) is 7.88. The molecule has 0 spiro atoms. The largest absolute Gasteiger partial charge is 0.309 e. The Morgan fingerprint density at radius 1 is 0.455 bits per heavy atom. The number of nitrogens with zero attached hydrogens (tertiary/aromatic N) is 3. The molecule has 0 saturated carbocycles. The molecule has 4 aromatic carbocycles. The molecule has 0 saturated heterocycles. The van der Waals surface area contributed by atoms with Crippen LogP contribution in [0.25, 0.3) is 11.1 Å². The molecule has 3 nitrogen and oxygen atoms in total. The highest BCUT2D eigenvalue weighted by atomic mass is 15.2. The van der Waals surface area contributed by atoms with Crippen LogP contribution in [0.15, 0.2) is 134 Å². The molecule has 1 aliphatic carbocycles. The Balaban J connectivity index is 1.38. The third kappa shape index (κ3) is 3.75. The SMILES string of the molecule is CC1(C)c2ccccc2C(c2ccncc2-c2cnccc2N2c3ccccc3C(C)(C)c3ccccc32)c2ccccc21. The summed E-state index contributed by atoms with van der Waals surface area (Å²) in [6.45, 7) is 9.35. The number of fused-ring (bicyclic) bond motifs is 4. The number of anilines is 3. The molecule has 0 fully saturated rings. The number of hydrogen-bond donors (Lipinski definition) is 0. The van der Waals surface area contributed by atoms with Gasteiger partial charge in [-0.2, -0.15) is 0 Å². The highest BCUT2D eigenvalue weighted by Gasteiger charge is 2.40. The van der Waals surface area contributed by atoms with Crippen LogP contribution >= 0.6 is 0 Å². The molecule has 1 aliphatic heterocycles. The topological polar surface area (TPSA) is 29.0 Å².